The molecule has 2 heterocycles. The molecule has 0 N–H and O–H groups in total. The van der Waals surface area contributed by atoms with Crippen LogP contribution < -0.4 is 4.90 Å². The first-order valence-corrected chi connectivity index (χ1v) is 9.42. The summed E-state index contributed by atoms with van der Waals surface area (Å²) in [5, 5.41) is 0. The number of rotatable bonds is 4. The Bertz CT molecular complexity index is 1030. The SMILES string of the molecule is C=C(C)Cn1c([C@@H]2CC(=O)N(c3c(C)cccc3C)C2)nc2ccccc21. The van der Waals surface area contributed by atoms with Gasteiger partial charge in [0, 0.05) is 31.1 Å². The summed E-state index contributed by atoms with van der Waals surface area (Å²) in [6.07, 6.45) is 0.493. The van der Waals surface area contributed by atoms with Crippen LogP contribution in [-0.4, -0.2) is 22.0 Å². The normalized spacial score (nSPS) is 17.1. The Labute approximate surface area is 160 Å². The second-order valence-electron chi connectivity index (χ2n) is 7.65. The van der Waals surface area contributed by atoms with Crippen LogP contribution in [0.1, 0.15) is 36.2 Å². The van der Waals surface area contributed by atoms with Crippen molar-refractivity contribution < 1.29 is 4.79 Å². The van der Waals surface area contributed by atoms with Crippen LogP contribution in [-0.2, 0) is 11.3 Å². The number of benzene rings is 2. The lowest BCUT2D eigenvalue weighted by molar-refractivity contribution is -0.117. The first kappa shape index (κ1) is 17.5. The summed E-state index contributed by atoms with van der Waals surface area (Å²) in [5.74, 6) is 1.25. The standard InChI is InChI=1S/C23H25N3O/c1-15(2)13-25-20-11-6-5-10-19(20)24-23(25)18-12-21(27)26(14-18)22-16(3)8-7-9-17(22)4/h5-11,18H,1,12-14H2,2-4H3/t18-/m1/s1. The number of aromatic nitrogens is 2. The van der Waals surface area contributed by atoms with Gasteiger partial charge in [0.1, 0.15) is 5.82 Å². The minimum Gasteiger partial charge on any atom is -0.324 e. The van der Waals surface area contributed by atoms with Crippen LogP contribution in [0.4, 0.5) is 5.69 Å². The number of imidazole rings is 1. The van der Waals surface area contributed by atoms with E-state index in [1.165, 1.54) is 0 Å². The van der Waals surface area contributed by atoms with E-state index >= 15 is 0 Å². The van der Waals surface area contributed by atoms with Crippen molar-refractivity contribution in [1.29, 1.82) is 0 Å². The van der Waals surface area contributed by atoms with Gasteiger partial charge in [-0.1, -0.05) is 42.5 Å². The average molecular weight is 359 g/mol. The van der Waals surface area contributed by atoms with Gasteiger partial charge >= 0.3 is 0 Å². The summed E-state index contributed by atoms with van der Waals surface area (Å²) in [5.41, 5.74) is 6.49. The second-order valence-corrected chi connectivity index (χ2v) is 7.65. The number of amides is 1. The summed E-state index contributed by atoms with van der Waals surface area (Å²) < 4.78 is 2.23. The first-order valence-electron chi connectivity index (χ1n) is 9.42. The molecule has 1 amide bonds. The minimum absolute atomic E-state index is 0.0863. The Morgan fingerprint density at radius 3 is 2.56 bits per heavy atom. The van der Waals surface area contributed by atoms with Gasteiger partial charge in [0.25, 0.3) is 0 Å². The zero-order valence-corrected chi connectivity index (χ0v) is 16.2. The number of para-hydroxylation sites is 3. The Balaban J connectivity index is 1.75. The number of nitrogens with zero attached hydrogens (tertiary/aromatic N) is 3. The summed E-state index contributed by atoms with van der Waals surface area (Å²) in [4.78, 5) is 19.7. The van der Waals surface area contributed by atoms with Crippen LogP contribution in [0.2, 0.25) is 0 Å². The summed E-state index contributed by atoms with van der Waals surface area (Å²) in [7, 11) is 0. The van der Waals surface area contributed by atoms with Gasteiger partial charge in [0.05, 0.1) is 11.0 Å². The minimum atomic E-state index is 0.0863. The van der Waals surface area contributed by atoms with Crippen LogP contribution in [0.15, 0.2) is 54.6 Å². The molecule has 4 nitrogen and oxygen atoms in total. The Morgan fingerprint density at radius 2 is 1.85 bits per heavy atom. The van der Waals surface area contributed by atoms with Crippen molar-refractivity contribution in [3.8, 4) is 0 Å². The number of hydrogen-bond donors (Lipinski definition) is 0. The van der Waals surface area contributed by atoms with Crippen molar-refractivity contribution in [2.45, 2.75) is 39.7 Å². The fourth-order valence-corrected chi connectivity index (χ4v) is 4.17. The molecule has 1 aromatic heterocycles. The van der Waals surface area contributed by atoms with Crippen LogP contribution >= 0.6 is 0 Å². The van der Waals surface area contributed by atoms with E-state index in [1.807, 2.05) is 36.1 Å². The number of carbonyl (C=O) groups is 1. The van der Waals surface area contributed by atoms with Gasteiger partial charge in [-0.3, -0.25) is 4.79 Å². The molecule has 0 aliphatic carbocycles. The molecule has 27 heavy (non-hydrogen) atoms. The molecular formula is C23H25N3O. The van der Waals surface area contributed by atoms with Crippen molar-refractivity contribution in [2.75, 3.05) is 11.4 Å². The van der Waals surface area contributed by atoms with Crippen molar-refractivity contribution in [1.82, 2.24) is 9.55 Å². The van der Waals surface area contributed by atoms with Crippen molar-refractivity contribution in [2.24, 2.45) is 0 Å². The number of aryl methyl sites for hydroxylation is 2. The fraction of sp³-hybridized carbons (Fsp3) is 0.304. The number of hydrogen-bond acceptors (Lipinski definition) is 2. The van der Waals surface area contributed by atoms with E-state index in [9.17, 15) is 4.79 Å². The lowest BCUT2D eigenvalue weighted by Crippen LogP contribution is -2.26. The lowest BCUT2D eigenvalue weighted by atomic mass is 10.1. The Hall–Kier alpha value is -2.88. The molecule has 0 spiro atoms. The van der Waals surface area contributed by atoms with Crippen molar-refractivity contribution in [3.05, 3.63) is 71.6 Å². The molecule has 4 rings (SSSR count). The number of allylic oxidation sites excluding steroid dienone is 1. The van der Waals surface area contributed by atoms with Gasteiger partial charge in [0.2, 0.25) is 5.91 Å². The highest BCUT2D eigenvalue weighted by Crippen LogP contribution is 2.36. The molecule has 0 bridgehead atoms. The zero-order valence-electron chi connectivity index (χ0n) is 16.2. The smallest absolute Gasteiger partial charge is 0.227 e. The molecule has 1 fully saturated rings. The van der Waals surface area contributed by atoms with Crippen LogP contribution in [0.5, 0.6) is 0 Å². The average Bonchev–Trinajstić information content (AvgIpc) is 3.16. The molecule has 0 radical (unpaired) electrons. The maximum Gasteiger partial charge on any atom is 0.227 e. The Morgan fingerprint density at radius 1 is 1.15 bits per heavy atom. The molecule has 1 aliphatic heterocycles. The van der Waals surface area contributed by atoms with Gasteiger partial charge in [-0.2, -0.15) is 0 Å². The molecule has 1 aliphatic rings. The van der Waals surface area contributed by atoms with E-state index in [-0.39, 0.29) is 11.8 Å². The van der Waals surface area contributed by atoms with Gasteiger partial charge in [-0.25, -0.2) is 4.98 Å². The second kappa shape index (κ2) is 6.69. The largest absolute Gasteiger partial charge is 0.324 e. The molecule has 1 saturated heterocycles. The highest BCUT2D eigenvalue weighted by molar-refractivity contribution is 5.98. The summed E-state index contributed by atoms with van der Waals surface area (Å²) in [6, 6.07) is 14.3. The molecule has 0 unspecified atom stereocenters. The van der Waals surface area contributed by atoms with Gasteiger partial charge in [-0.05, 0) is 44.0 Å². The van der Waals surface area contributed by atoms with Gasteiger partial charge in [-0.15, -0.1) is 0 Å². The maximum absolute atomic E-state index is 12.9. The van der Waals surface area contributed by atoms with Gasteiger partial charge in [0.15, 0.2) is 0 Å². The predicted octanol–water partition coefficient (Wildman–Crippen LogP) is 4.75. The maximum atomic E-state index is 12.9. The summed E-state index contributed by atoms with van der Waals surface area (Å²) >= 11 is 0. The Kier molecular flexibility index (Phi) is 4.34. The van der Waals surface area contributed by atoms with Crippen LogP contribution in [0.25, 0.3) is 11.0 Å². The third kappa shape index (κ3) is 3.05. The molecular weight excluding hydrogens is 334 g/mol. The highest BCUT2D eigenvalue weighted by Gasteiger charge is 2.35. The van der Waals surface area contributed by atoms with E-state index in [1.54, 1.807) is 0 Å². The number of fused-ring (bicyclic) bond motifs is 1. The van der Waals surface area contributed by atoms with E-state index in [0.717, 1.165) is 45.8 Å². The number of anilines is 1. The van der Waals surface area contributed by atoms with E-state index in [4.69, 9.17) is 4.98 Å². The highest BCUT2D eigenvalue weighted by atomic mass is 16.2. The fourth-order valence-electron chi connectivity index (χ4n) is 4.17. The predicted molar refractivity (Wildman–Crippen MR) is 110 cm³/mol. The molecule has 2 aromatic carbocycles. The van der Waals surface area contributed by atoms with E-state index < -0.39 is 0 Å². The van der Waals surface area contributed by atoms with Crippen molar-refractivity contribution >= 4 is 22.6 Å². The molecule has 3 aromatic rings. The quantitative estimate of drug-likeness (QED) is 0.631. The lowest BCUT2D eigenvalue weighted by Gasteiger charge is -2.21. The molecule has 4 heteroatoms. The van der Waals surface area contributed by atoms with Crippen LogP contribution in [0.3, 0.4) is 0 Å². The number of carbonyl (C=O) groups excluding carboxylic acids is 1. The van der Waals surface area contributed by atoms with E-state index in [2.05, 4.69) is 43.2 Å². The molecule has 0 saturated carbocycles. The monoisotopic (exact) mass is 359 g/mol. The topological polar surface area (TPSA) is 38.1 Å². The third-order valence-electron chi connectivity index (χ3n) is 5.31. The molecule has 1 atom stereocenters. The first-order chi connectivity index (χ1) is 13.0. The summed E-state index contributed by atoms with van der Waals surface area (Å²) in [6.45, 7) is 11.6. The zero-order chi connectivity index (χ0) is 19.1. The van der Waals surface area contributed by atoms with Gasteiger partial charge < -0.3 is 9.47 Å². The van der Waals surface area contributed by atoms with Crippen molar-refractivity contribution in [3.63, 3.8) is 0 Å². The molecule has 138 valence electrons. The van der Waals surface area contributed by atoms with Crippen LogP contribution in [0, 0.1) is 13.8 Å². The third-order valence-corrected chi connectivity index (χ3v) is 5.31. The van der Waals surface area contributed by atoms with E-state index in [0.29, 0.717) is 13.0 Å².